The van der Waals surface area contributed by atoms with Crippen molar-refractivity contribution in [2.24, 2.45) is 0 Å². The van der Waals surface area contributed by atoms with Gasteiger partial charge in [-0.15, -0.1) is 0 Å². The molecule has 0 N–H and O–H groups in total. The molecule has 0 aromatic rings. The molecule has 0 heterocycles. The molecule has 1 atom stereocenters. The number of ether oxygens (including phenoxy) is 1. The Balaban J connectivity index is 5.16. The molecular formula is C9H25N3OSn. The monoisotopic (exact) mass is 311 g/mol. The van der Waals surface area contributed by atoms with Crippen molar-refractivity contribution in [1.82, 2.24) is 9.36 Å². The van der Waals surface area contributed by atoms with Crippen molar-refractivity contribution in [3.8, 4) is 0 Å². The second-order valence-corrected chi connectivity index (χ2v) is 18.2. The second kappa shape index (κ2) is 5.65. The average molecular weight is 310 g/mol. The molecule has 0 aromatic heterocycles. The van der Waals surface area contributed by atoms with Gasteiger partial charge in [0.25, 0.3) is 0 Å². The van der Waals surface area contributed by atoms with Gasteiger partial charge in [-0.2, -0.15) is 0 Å². The molecule has 0 bridgehead atoms. The van der Waals surface area contributed by atoms with Gasteiger partial charge >= 0.3 is 93.7 Å². The summed E-state index contributed by atoms with van der Waals surface area (Å²) in [6, 6.07) is 0. The first-order valence-electron chi connectivity index (χ1n) is 4.86. The predicted molar refractivity (Wildman–Crippen MR) is 63.3 cm³/mol. The summed E-state index contributed by atoms with van der Waals surface area (Å²) in [5.41, 5.74) is 0. The van der Waals surface area contributed by atoms with Crippen LogP contribution in [0.1, 0.15) is 6.92 Å². The molecule has 4 nitrogen and oxygen atoms in total. The van der Waals surface area contributed by atoms with E-state index < -0.39 is 19.2 Å². The van der Waals surface area contributed by atoms with Crippen LogP contribution in [0.2, 0.25) is 0 Å². The molecule has 0 aliphatic heterocycles. The summed E-state index contributed by atoms with van der Waals surface area (Å²) in [4.78, 5) is 0. The maximum absolute atomic E-state index is 5.57. The number of nitrogens with zero attached hydrogens (tertiary/aromatic N) is 3. The van der Waals surface area contributed by atoms with Gasteiger partial charge < -0.3 is 0 Å². The molecule has 86 valence electrons. The molecule has 0 radical (unpaired) electrons. The van der Waals surface area contributed by atoms with Crippen LogP contribution in [0.25, 0.3) is 0 Å². The molecule has 0 aliphatic rings. The van der Waals surface area contributed by atoms with Gasteiger partial charge in [-0.1, -0.05) is 0 Å². The van der Waals surface area contributed by atoms with E-state index in [-0.39, 0.29) is 0 Å². The van der Waals surface area contributed by atoms with Crippen molar-refractivity contribution in [2.45, 2.75) is 11.0 Å². The molecule has 0 aliphatic carbocycles. The third kappa shape index (κ3) is 2.41. The van der Waals surface area contributed by atoms with Gasteiger partial charge in [-0.25, -0.2) is 0 Å². The van der Waals surface area contributed by atoms with Gasteiger partial charge in [0.2, 0.25) is 0 Å². The summed E-state index contributed by atoms with van der Waals surface area (Å²) in [5.74, 6) is 0. The number of hydrogen-bond acceptors (Lipinski definition) is 4. The van der Waals surface area contributed by atoms with E-state index in [1.54, 1.807) is 7.11 Å². The van der Waals surface area contributed by atoms with Gasteiger partial charge in [-0.3, -0.25) is 0 Å². The first-order chi connectivity index (χ1) is 6.31. The van der Waals surface area contributed by atoms with Crippen LogP contribution in [-0.2, 0) is 4.74 Å². The zero-order valence-electron chi connectivity index (χ0n) is 10.8. The van der Waals surface area contributed by atoms with Gasteiger partial charge in [0.1, 0.15) is 0 Å². The fraction of sp³-hybridized carbons (Fsp3) is 1.00. The van der Waals surface area contributed by atoms with Crippen molar-refractivity contribution >= 4 is 19.2 Å². The van der Waals surface area contributed by atoms with Crippen molar-refractivity contribution < 1.29 is 4.74 Å². The summed E-state index contributed by atoms with van der Waals surface area (Å²) < 4.78 is 13.0. The van der Waals surface area contributed by atoms with Crippen molar-refractivity contribution in [2.75, 3.05) is 49.4 Å². The van der Waals surface area contributed by atoms with E-state index in [1.165, 1.54) is 0 Å². The van der Waals surface area contributed by atoms with E-state index in [4.69, 9.17) is 4.74 Å². The van der Waals surface area contributed by atoms with Crippen LogP contribution in [0.5, 0.6) is 0 Å². The SMILES string of the molecule is CO[CH](C)[Sn]([N](C)C)([N](C)C)[N](C)C. The summed E-state index contributed by atoms with van der Waals surface area (Å²) >= 11 is -2.69. The Morgan fingerprint density at radius 1 is 0.857 bits per heavy atom. The molecule has 0 saturated carbocycles. The maximum atomic E-state index is 5.57. The molecule has 0 saturated heterocycles. The summed E-state index contributed by atoms with van der Waals surface area (Å²) in [7, 11) is 14.7. The quantitative estimate of drug-likeness (QED) is 0.675. The normalized spacial score (nSPS) is 15.6. The molecule has 14 heavy (non-hydrogen) atoms. The first kappa shape index (κ1) is 14.6. The molecular weight excluding hydrogens is 285 g/mol. The molecule has 0 aromatic carbocycles. The molecule has 5 heteroatoms. The summed E-state index contributed by atoms with van der Waals surface area (Å²) in [6.07, 6.45) is 0. The first-order valence-corrected chi connectivity index (χ1v) is 10.3. The van der Waals surface area contributed by atoms with E-state index in [0.29, 0.717) is 4.12 Å². The van der Waals surface area contributed by atoms with Crippen LogP contribution >= 0.6 is 0 Å². The molecule has 0 rings (SSSR count). The predicted octanol–water partition coefficient (Wildman–Crippen LogP) is 0.184. The van der Waals surface area contributed by atoms with Gasteiger partial charge in [0.15, 0.2) is 0 Å². The Labute approximate surface area is 93.7 Å². The van der Waals surface area contributed by atoms with E-state index >= 15 is 0 Å². The minimum atomic E-state index is -2.69. The third-order valence-electron chi connectivity index (χ3n) is 2.87. The van der Waals surface area contributed by atoms with Crippen molar-refractivity contribution in [3.63, 3.8) is 0 Å². The van der Waals surface area contributed by atoms with Crippen LogP contribution in [0.3, 0.4) is 0 Å². The standard InChI is InChI=1S/C3H7O.3C2H6N.Sn/c1-3-4-2;3*1-3-2;/h3H,1-2H3;3*1-2H3;/q;3*-1;+3. The van der Waals surface area contributed by atoms with Crippen molar-refractivity contribution in [3.05, 3.63) is 0 Å². The van der Waals surface area contributed by atoms with E-state index in [1.807, 2.05) is 0 Å². The third-order valence-corrected chi connectivity index (χ3v) is 17.9. The van der Waals surface area contributed by atoms with Crippen molar-refractivity contribution in [1.29, 1.82) is 0 Å². The zero-order valence-corrected chi connectivity index (χ0v) is 13.7. The van der Waals surface area contributed by atoms with Crippen LogP contribution in [0, 0.1) is 0 Å². The van der Waals surface area contributed by atoms with E-state index in [0.717, 1.165) is 0 Å². The molecule has 0 spiro atoms. The van der Waals surface area contributed by atoms with E-state index in [9.17, 15) is 0 Å². The fourth-order valence-corrected chi connectivity index (χ4v) is 16.4. The van der Waals surface area contributed by atoms with Crippen LogP contribution in [0.4, 0.5) is 0 Å². The van der Waals surface area contributed by atoms with Gasteiger partial charge in [0.05, 0.1) is 0 Å². The zero-order chi connectivity index (χ0) is 11.5. The Morgan fingerprint density at radius 2 is 1.14 bits per heavy atom. The second-order valence-electron chi connectivity index (χ2n) is 4.25. The van der Waals surface area contributed by atoms with Crippen LogP contribution in [-0.4, -0.2) is 82.1 Å². The van der Waals surface area contributed by atoms with E-state index in [2.05, 4.69) is 58.6 Å². The fourth-order valence-electron chi connectivity index (χ4n) is 2.45. The number of methoxy groups -OCH3 is 1. The van der Waals surface area contributed by atoms with Gasteiger partial charge in [0, 0.05) is 0 Å². The Bertz CT molecular complexity index is 152. The topological polar surface area (TPSA) is 19.0 Å². The van der Waals surface area contributed by atoms with Crippen LogP contribution < -0.4 is 0 Å². The Hall–Kier alpha value is 0.639. The Kier molecular flexibility index (Phi) is 5.91. The average Bonchev–Trinajstić information content (AvgIpc) is 2.02. The van der Waals surface area contributed by atoms with Gasteiger partial charge in [-0.05, 0) is 0 Å². The number of rotatable bonds is 5. The molecule has 0 amide bonds. The number of hydrogen-bond donors (Lipinski definition) is 0. The Morgan fingerprint density at radius 3 is 1.21 bits per heavy atom. The molecule has 1 unspecified atom stereocenters. The minimum absolute atomic E-state index is 0.310. The summed E-state index contributed by atoms with van der Waals surface area (Å²) in [6.45, 7) is 2.18. The molecule has 0 fully saturated rings. The summed E-state index contributed by atoms with van der Waals surface area (Å²) in [5, 5.41) is 0. The van der Waals surface area contributed by atoms with Crippen LogP contribution in [0.15, 0.2) is 0 Å².